The van der Waals surface area contributed by atoms with Crippen molar-refractivity contribution < 1.29 is 39.2 Å². The molecule has 1 aliphatic rings. The van der Waals surface area contributed by atoms with Crippen molar-refractivity contribution in [3.8, 4) is 5.75 Å². The molecule has 1 aromatic carbocycles. The lowest BCUT2D eigenvalue weighted by molar-refractivity contribution is -0.306. The molecule has 1 amide bonds. The number of carbonyl (C=O) groups excluding carboxylic acids is 3. The number of nitrogens with one attached hydrogen (secondary N) is 1. The third-order valence-electron chi connectivity index (χ3n) is 4.73. The van der Waals surface area contributed by atoms with E-state index in [9.17, 15) is 29.7 Å². The first kappa shape index (κ1) is 22.4. The fraction of sp³-hybridized carbons (Fsp3) is 0.450. The average Bonchev–Trinajstić information content (AvgIpc) is 2.66. The lowest BCUT2D eigenvalue weighted by atomic mass is 9.91. The highest BCUT2D eigenvalue weighted by Crippen LogP contribution is 2.25. The number of aliphatic hydroxyl groups is 2. The van der Waals surface area contributed by atoms with Crippen molar-refractivity contribution in [3.05, 3.63) is 41.0 Å². The maximum Gasteiger partial charge on any atom is 0.328 e. The van der Waals surface area contributed by atoms with Crippen LogP contribution in [0.1, 0.15) is 24.0 Å². The molecule has 4 atom stereocenters. The molecule has 0 unspecified atom stereocenters. The predicted molar refractivity (Wildman–Crippen MR) is 98.6 cm³/mol. The highest BCUT2D eigenvalue weighted by molar-refractivity contribution is 5.97. The number of carboxylic acids is 1. The van der Waals surface area contributed by atoms with Gasteiger partial charge in [-0.15, -0.1) is 0 Å². The van der Waals surface area contributed by atoms with Crippen LogP contribution in [0.2, 0.25) is 0 Å². The van der Waals surface area contributed by atoms with E-state index in [0.717, 1.165) is 18.2 Å². The van der Waals surface area contributed by atoms with Gasteiger partial charge in [0.2, 0.25) is 5.91 Å². The summed E-state index contributed by atoms with van der Waals surface area (Å²) in [6.07, 6.45) is -3.18. The molecule has 0 aliphatic heterocycles. The number of hydrogen-bond donors (Lipinski definition) is 3. The number of hydrogen-bond acceptors (Lipinski definition) is 8. The quantitative estimate of drug-likeness (QED) is 0.484. The summed E-state index contributed by atoms with van der Waals surface area (Å²) in [5.74, 6) is -2.81. The van der Waals surface area contributed by atoms with Gasteiger partial charge in [0.25, 0.3) is 0 Å². The van der Waals surface area contributed by atoms with E-state index in [1.807, 2.05) is 19.9 Å². The molecular weight excluding hydrogens is 382 g/mol. The normalized spacial score (nSPS) is 22.2. The minimum Gasteiger partial charge on any atom is -0.550 e. The number of esters is 1. The van der Waals surface area contributed by atoms with E-state index < -0.39 is 48.6 Å². The van der Waals surface area contributed by atoms with Crippen molar-refractivity contribution in [2.45, 2.75) is 51.0 Å². The van der Waals surface area contributed by atoms with Gasteiger partial charge in [-0.3, -0.25) is 4.79 Å². The van der Waals surface area contributed by atoms with Crippen LogP contribution in [0.3, 0.4) is 0 Å². The van der Waals surface area contributed by atoms with Crippen molar-refractivity contribution >= 4 is 17.8 Å². The molecular formula is C20H24NO8-. The molecule has 3 N–H and O–H groups in total. The molecule has 158 valence electrons. The Hall–Kier alpha value is -2.91. The van der Waals surface area contributed by atoms with Crippen LogP contribution in [0, 0.1) is 13.8 Å². The Bertz CT molecular complexity index is 819. The largest absolute Gasteiger partial charge is 0.550 e. The zero-order valence-electron chi connectivity index (χ0n) is 16.4. The summed E-state index contributed by atoms with van der Waals surface area (Å²) in [5, 5.41) is 33.4. The van der Waals surface area contributed by atoms with Crippen molar-refractivity contribution in [3.63, 3.8) is 0 Å². The second-order valence-electron chi connectivity index (χ2n) is 6.91. The van der Waals surface area contributed by atoms with Gasteiger partial charge in [0.05, 0.1) is 13.2 Å². The maximum absolute atomic E-state index is 12.5. The van der Waals surface area contributed by atoms with Crippen LogP contribution in [0.5, 0.6) is 5.75 Å². The molecule has 0 fully saturated rings. The van der Waals surface area contributed by atoms with E-state index in [-0.39, 0.29) is 12.0 Å². The Balaban J connectivity index is 2.20. The molecule has 0 spiro atoms. The average molecular weight is 406 g/mol. The lowest BCUT2D eigenvalue weighted by Crippen LogP contribution is -2.48. The van der Waals surface area contributed by atoms with Crippen molar-refractivity contribution in [2.24, 2.45) is 0 Å². The number of carboxylic acid groups (broad SMARTS) is 1. The summed E-state index contributed by atoms with van der Waals surface area (Å²) in [6, 6.07) is 3.87. The molecule has 1 aromatic rings. The van der Waals surface area contributed by atoms with E-state index in [0.29, 0.717) is 5.75 Å². The van der Waals surface area contributed by atoms with Gasteiger partial charge >= 0.3 is 5.97 Å². The van der Waals surface area contributed by atoms with E-state index in [2.05, 4.69) is 10.1 Å². The minimum atomic E-state index is -1.54. The molecule has 2 rings (SSSR count). The number of methoxy groups -OCH3 is 1. The number of aliphatic carboxylic acids is 1. The Morgan fingerprint density at radius 1 is 1.24 bits per heavy atom. The van der Waals surface area contributed by atoms with Crippen LogP contribution in [0.4, 0.5) is 0 Å². The molecule has 0 saturated heterocycles. The van der Waals surface area contributed by atoms with Crippen molar-refractivity contribution in [1.82, 2.24) is 5.32 Å². The van der Waals surface area contributed by atoms with E-state index >= 15 is 0 Å². The highest BCUT2D eigenvalue weighted by Gasteiger charge is 2.35. The van der Waals surface area contributed by atoms with Gasteiger partial charge in [-0.25, -0.2) is 4.79 Å². The second-order valence-corrected chi connectivity index (χ2v) is 6.91. The summed E-state index contributed by atoms with van der Waals surface area (Å²) in [4.78, 5) is 35.0. The van der Waals surface area contributed by atoms with E-state index in [4.69, 9.17) is 4.74 Å². The number of aryl methyl sites for hydroxylation is 2. The minimum absolute atomic E-state index is 0.0453. The van der Waals surface area contributed by atoms with Crippen LogP contribution in [0.15, 0.2) is 29.8 Å². The Kier molecular flexibility index (Phi) is 7.35. The van der Waals surface area contributed by atoms with Gasteiger partial charge in [-0.1, -0.05) is 6.07 Å². The smallest absolute Gasteiger partial charge is 0.328 e. The number of carbonyl (C=O) groups is 3. The zero-order chi connectivity index (χ0) is 21.7. The van der Waals surface area contributed by atoms with Gasteiger partial charge in [0.1, 0.15) is 24.0 Å². The molecule has 9 heteroatoms. The van der Waals surface area contributed by atoms with Crippen molar-refractivity contribution in [2.75, 3.05) is 7.11 Å². The third-order valence-corrected chi connectivity index (χ3v) is 4.73. The summed E-state index contributed by atoms with van der Waals surface area (Å²) < 4.78 is 10.2. The Morgan fingerprint density at radius 3 is 2.52 bits per heavy atom. The van der Waals surface area contributed by atoms with Gasteiger partial charge in [0.15, 0.2) is 0 Å². The topological polar surface area (TPSA) is 145 Å². The predicted octanol–water partition coefficient (Wildman–Crippen LogP) is -1.10. The van der Waals surface area contributed by atoms with Crippen LogP contribution in [-0.4, -0.2) is 59.5 Å². The van der Waals surface area contributed by atoms with Crippen LogP contribution < -0.4 is 15.2 Å². The molecule has 0 radical (unpaired) electrons. The number of ether oxygens (including phenoxy) is 2. The molecule has 1 aliphatic carbocycles. The fourth-order valence-corrected chi connectivity index (χ4v) is 2.90. The van der Waals surface area contributed by atoms with E-state index in [1.165, 1.54) is 6.08 Å². The van der Waals surface area contributed by atoms with Gasteiger partial charge < -0.3 is 34.9 Å². The van der Waals surface area contributed by atoms with Gasteiger partial charge in [0, 0.05) is 24.4 Å². The van der Waals surface area contributed by atoms with E-state index in [1.54, 1.807) is 12.1 Å². The number of aliphatic hydroxyl groups excluding tert-OH is 2. The summed E-state index contributed by atoms with van der Waals surface area (Å²) >= 11 is 0. The second kappa shape index (κ2) is 9.53. The molecule has 9 nitrogen and oxygen atoms in total. The third kappa shape index (κ3) is 5.78. The van der Waals surface area contributed by atoms with Crippen LogP contribution in [-0.2, 0) is 19.1 Å². The zero-order valence-corrected chi connectivity index (χ0v) is 16.4. The summed E-state index contributed by atoms with van der Waals surface area (Å²) in [6.45, 7) is 3.83. The number of amides is 1. The number of rotatable bonds is 7. The first-order chi connectivity index (χ1) is 13.6. The first-order valence-electron chi connectivity index (χ1n) is 9.01. The molecule has 0 bridgehead atoms. The molecule has 29 heavy (non-hydrogen) atoms. The Labute approximate surface area is 167 Å². The maximum atomic E-state index is 12.5. The molecule has 0 aromatic heterocycles. The highest BCUT2D eigenvalue weighted by atomic mass is 16.5. The lowest BCUT2D eigenvalue weighted by Gasteiger charge is -2.31. The van der Waals surface area contributed by atoms with Gasteiger partial charge in [-0.2, -0.15) is 0 Å². The summed E-state index contributed by atoms with van der Waals surface area (Å²) in [7, 11) is 1.06. The Morgan fingerprint density at radius 2 is 1.93 bits per heavy atom. The SMILES string of the molecule is COC(=O)[C@@H](CC(=O)[O-])NC(=O)C1=C[C@@H](Oc2ccc(C)c(C)c2)[C@H](O)[C@H](O)C1. The number of benzene rings is 1. The molecule has 0 saturated carbocycles. The van der Waals surface area contributed by atoms with Crippen LogP contribution >= 0.6 is 0 Å². The first-order valence-corrected chi connectivity index (χ1v) is 9.01. The monoisotopic (exact) mass is 406 g/mol. The fourth-order valence-electron chi connectivity index (χ4n) is 2.90. The van der Waals surface area contributed by atoms with Gasteiger partial charge in [-0.05, 0) is 43.2 Å². The van der Waals surface area contributed by atoms with Crippen LogP contribution in [0.25, 0.3) is 0 Å². The summed E-state index contributed by atoms with van der Waals surface area (Å²) in [5.41, 5.74) is 2.07. The molecule has 0 heterocycles. The van der Waals surface area contributed by atoms with Crippen molar-refractivity contribution in [1.29, 1.82) is 0 Å². The standard InChI is InChI=1S/C20H25NO8/c1-10-4-5-13(6-11(10)2)29-16-8-12(7-15(22)18(16)25)19(26)21-14(9-17(23)24)20(27)28-3/h4-6,8,14-16,18,22,25H,7,9H2,1-3H3,(H,21,26)(H,23,24)/p-1/t14-,15-,16-,18-/m1/s1.